The standard InChI is InChI=1S/C19H22ClN3O2/c1-22-9-11-23(12-10-22)16-7-8-18(25-2)17(13-16)21-19(24)14-3-5-15(20)6-4-14/h3-8,13H,9-12H2,1-2H3,(H,21,24). The number of piperazine rings is 1. The number of carbonyl (C=O) groups is 1. The van der Waals surface area contributed by atoms with Crippen LogP contribution in [0.15, 0.2) is 42.5 Å². The van der Waals surface area contributed by atoms with Crippen LogP contribution in [0.25, 0.3) is 0 Å². The molecule has 6 heteroatoms. The van der Waals surface area contributed by atoms with Crippen LogP contribution in [0.4, 0.5) is 11.4 Å². The average Bonchev–Trinajstić information content (AvgIpc) is 2.63. The quantitative estimate of drug-likeness (QED) is 0.909. The molecule has 0 aliphatic carbocycles. The van der Waals surface area contributed by atoms with Gasteiger partial charge in [-0.25, -0.2) is 0 Å². The number of hydrogen-bond donors (Lipinski definition) is 1. The molecule has 25 heavy (non-hydrogen) atoms. The van der Waals surface area contributed by atoms with E-state index < -0.39 is 0 Å². The van der Waals surface area contributed by atoms with Gasteiger partial charge in [-0.3, -0.25) is 4.79 Å². The van der Waals surface area contributed by atoms with E-state index in [9.17, 15) is 4.79 Å². The topological polar surface area (TPSA) is 44.8 Å². The number of benzene rings is 2. The molecule has 0 aromatic heterocycles. The molecule has 3 rings (SSSR count). The van der Waals surface area contributed by atoms with Gasteiger partial charge in [0.1, 0.15) is 5.75 Å². The molecule has 1 aliphatic rings. The van der Waals surface area contributed by atoms with E-state index in [-0.39, 0.29) is 5.91 Å². The van der Waals surface area contributed by atoms with Crippen molar-refractivity contribution in [3.05, 3.63) is 53.1 Å². The number of amides is 1. The number of halogens is 1. The van der Waals surface area contributed by atoms with Crippen molar-refractivity contribution in [1.82, 2.24) is 4.90 Å². The van der Waals surface area contributed by atoms with Crippen molar-refractivity contribution < 1.29 is 9.53 Å². The molecule has 0 saturated carbocycles. The van der Waals surface area contributed by atoms with E-state index >= 15 is 0 Å². The van der Waals surface area contributed by atoms with Gasteiger partial charge in [0.15, 0.2) is 0 Å². The minimum absolute atomic E-state index is 0.189. The molecule has 1 amide bonds. The van der Waals surface area contributed by atoms with Gasteiger partial charge >= 0.3 is 0 Å². The van der Waals surface area contributed by atoms with Gasteiger partial charge in [-0.1, -0.05) is 11.6 Å². The third kappa shape index (κ3) is 4.24. The minimum atomic E-state index is -0.189. The molecule has 0 unspecified atom stereocenters. The van der Waals surface area contributed by atoms with Gasteiger partial charge < -0.3 is 19.9 Å². The lowest BCUT2D eigenvalue weighted by Crippen LogP contribution is -2.44. The van der Waals surface area contributed by atoms with Crippen LogP contribution >= 0.6 is 11.6 Å². The second-order valence-corrected chi connectivity index (χ2v) is 6.57. The van der Waals surface area contributed by atoms with Gasteiger partial charge in [0.05, 0.1) is 12.8 Å². The van der Waals surface area contributed by atoms with E-state index in [0.717, 1.165) is 31.9 Å². The van der Waals surface area contributed by atoms with E-state index in [1.54, 1.807) is 31.4 Å². The maximum Gasteiger partial charge on any atom is 0.255 e. The maximum atomic E-state index is 12.5. The Morgan fingerprint density at radius 2 is 1.76 bits per heavy atom. The monoisotopic (exact) mass is 359 g/mol. The predicted octanol–water partition coefficient (Wildman–Crippen LogP) is 3.35. The predicted molar refractivity (Wildman–Crippen MR) is 102 cm³/mol. The van der Waals surface area contributed by atoms with Crippen molar-refractivity contribution in [2.45, 2.75) is 0 Å². The van der Waals surface area contributed by atoms with Crippen molar-refractivity contribution >= 4 is 28.9 Å². The Balaban J connectivity index is 1.80. The molecular weight excluding hydrogens is 338 g/mol. The Morgan fingerprint density at radius 3 is 2.40 bits per heavy atom. The summed E-state index contributed by atoms with van der Waals surface area (Å²) in [6.07, 6.45) is 0. The van der Waals surface area contributed by atoms with E-state index in [0.29, 0.717) is 22.0 Å². The molecule has 1 fully saturated rings. The Hall–Kier alpha value is -2.24. The van der Waals surface area contributed by atoms with Crippen LogP contribution in [-0.4, -0.2) is 51.1 Å². The summed E-state index contributed by atoms with van der Waals surface area (Å²) in [7, 11) is 3.73. The summed E-state index contributed by atoms with van der Waals surface area (Å²) in [5.41, 5.74) is 2.30. The van der Waals surface area contributed by atoms with Crippen LogP contribution in [0.3, 0.4) is 0 Å². The highest BCUT2D eigenvalue weighted by atomic mass is 35.5. The lowest BCUT2D eigenvalue weighted by molar-refractivity contribution is 0.102. The van der Waals surface area contributed by atoms with Gasteiger partial charge in [0, 0.05) is 42.5 Å². The number of nitrogens with one attached hydrogen (secondary N) is 1. The van der Waals surface area contributed by atoms with Crippen LogP contribution in [0, 0.1) is 0 Å². The highest BCUT2D eigenvalue weighted by molar-refractivity contribution is 6.30. The molecule has 132 valence electrons. The molecule has 1 aliphatic heterocycles. The first-order valence-corrected chi connectivity index (χ1v) is 8.63. The van der Waals surface area contributed by atoms with E-state index in [1.807, 2.05) is 18.2 Å². The molecule has 2 aromatic rings. The highest BCUT2D eigenvalue weighted by Crippen LogP contribution is 2.30. The molecule has 0 spiro atoms. The molecule has 5 nitrogen and oxygen atoms in total. The zero-order chi connectivity index (χ0) is 17.8. The summed E-state index contributed by atoms with van der Waals surface area (Å²) in [6.45, 7) is 3.98. The first kappa shape index (κ1) is 17.6. The second-order valence-electron chi connectivity index (χ2n) is 6.14. The van der Waals surface area contributed by atoms with Crippen molar-refractivity contribution in [1.29, 1.82) is 0 Å². The number of carbonyl (C=O) groups excluding carboxylic acids is 1. The minimum Gasteiger partial charge on any atom is -0.495 e. The third-order valence-corrected chi connectivity index (χ3v) is 4.66. The van der Waals surface area contributed by atoms with E-state index in [1.165, 1.54) is 0 Å². The van der Waals surface area contributed by atoms with Crippen molar-refractivity contribution in [3.63, 3.8) is 0 Å². The van der Waals surface area contributed by atoms with Crippen LogP contribution in [0.2, 0.25) is 5.02 Å². The summed E-state index contributed by atoms with van der Waals surface area (Å²) in [4.78, 5) is 17.1. The van der Waals surface area contributed by atoms with Gasteiger partial charge in [-0.15, -0.1) is 0 Å². The number of nitrogens with zero attached hydrogens (tertiary/aromatic N) is 2. The van der Waals surface area contributed by atoms with Crippen molar-refractivity contribution in [2.75, 3.05) is 50.6 Å². The van der Waals surface area contributed by atoms with Crippen LogP contribution in [0.5, 0.6) is 5.75 Å². The zero-order valence-corrected chi connectivity index (χ0v) is 15.2. The smallest absolute Gasteiger partial charge is 0.255 e. The van der Waals surface area contributed by atoms with Gasteiger partial charge in [-0.2, -0.15) is 0 Å². The summed E-state index contributed by atoms with van der Waals surface area (Å²) in [5.74, 6) is 0.450. The summed E-state index contributed by atoms with van der Waals surface area (Å²) in [5, 5.41) is 3.54. The number of rotatable bonds is 4. The largest absolute Gasteiger partial charge is 0.495 e. The first-order valence-electron chi connectivity index (χ1n) is 8.25. The number of methoxy groups -OCH3 is 1. The fourth-order valence-corrected chi connectivity index (χ4v) is 2.98. The Bertz CT molecular complexity index is 741. The fraction of sp³-hybridized carbons (Fsp3) is 0.316. The number of likely N-dealkylation sites (N-methyl/N-ethyl adjacent to an activating group) is 1. The molecule has 0 atom stereocenters. The Labute approximate surface area is 153 Å². The van der Waals surface area contributed by atoms with Crippen LogP contribution in [-0.2, 0) is 0 Å². The van der Waals surface area contributed by atoms with Crippen LogP contribution in [0.1, 0.15) is 10.4 Å². The molecule has 1 heterocycles. The summed E-state index contributed by atoms with van der Waals surface area (Å²) in [6, 6.07) is 12.7. The number of hydrogen-bond acceptors (Lipinski definition) is 4. The summed E-state index contributed by atoms with van der Waals surface area (Å²) < 4.78 is 5.40. The molecule has 2 aromatic carbocycles. The molecule has 1 N–H and O–H groups in total. The van der Waals surface area contributed by atoms with Crippen molar-refractivity contribution in [3.8, 4) is 5.75 Å². The molecule has 0 bridgehead atoms. The summed E-state index contributed by atoms with van der Waals surface area (Å²) >= 11 is 5.88. The van der Waals surface area contributed by atoms with E-state index in [2.05, 4.69) is 22.2 Å². The van der Waals surface area contributed by atoms with Crippen LogP contribution < -0.4 is 15.0 Å². The highest BCUT2D eigenvalue weighted by Gasteiger charge is 2.17. The number of anilines is 2. The lowest BCUT2D eigenvalue weighted by Gasteiger charge is -2.34. The fourth-order valence-electron chi connectivity index (χ4n) is 2.85. The SMILES string of the molecule is COc1ccc(N2CCN(C)CC2)cc1NC(=O)c1ccc(Cl)cc1. The molecule has 1 saturated heterocycles. The first-order chi connectivity index (χ1) is 12.1. The van der Waals surface area contributed by atoms with Crippen molar-refractivity contribution in [2.24, 2.45) is 0 Å². The maximum absolute atomic E-state index is 12.5. The second kappa shape index (κ2) is 7.76. The Morgan fingerprint density at radius 1 is 1.08 bits per heavy atom. The third-order valence-electron chi connectivity index (χ3n) is 4.41. The number of ether oxygens (including phenoxy) is 1. The average molecular weight is 360 g/mol. The molecular formula is C19H22ClN3O2. The normalized spacial score (nSPS) is 15.1. The molecule has 0 radical (unpaired) electrons. The lowest BCUT2D eigenvalue weighted by atomic mass is 10.2. The van der Waals surface area contributed by atoms with E-state index in [4.69, 9.17) is 16.3 Å². The zero-order valence-electron chi connectivity index (χ0n) is 14.5. The van der Waals surface area contributed by atoms with Gasteiger partial charge in [-0.05, 0) is 49.5 Å². The van der Waals surface area contributed by atoms with Gasteiger partial charge in [0.25, 0.3) is 5.91 Å². The van der Waals surface area contributed by atoms with Gasteiger partial charge in [0.2, 0.25) is 0 Å². The Kier molecular flexibility index (Phi) is 5.46.